The number of hydrogen-bond donors (Lipinski definition) is 2. The van der Waals surface area contributed by atoms with Gasteiger partial charge >= 0.3 is 5.97 Å². The molecule has 0 amide bonds. The third-order valence-corrected chi connectivity index (χ3v) is 4.64. The van der Waals surface area contributed by atoms with E-state index < -0.39 is 11.6 Å². The van der Waals surface area contributed by atoms with Gasteiger partial charge in [-0.25, -0.2) is 4.79 Å². The van der Waals surface area contributed by atoms with Gasteiger partial charge in [0, 0.05) is 19.6 Å². The summed E-state index contributed by atoms with van der Waals surface area (Å²) in [5, 5.41) is 19.6. The Labute approximate surface area is 147 Å². The van der Waals surface area contributed by atoms with Crippen molar-refractivity contribution in [1.82, 2.24) is 4.90 Å². The Hall–Kier alpha value is -2.37. The van der Waals surface area contributed by atoms with Gasteiger partial charge in [-0.3, -0.25) is 4.90 Å². The van der Waals surface area contributed by atoms with Crippen LogP contribution in [0.3, 0.4) is 0 Å². The number of likely N-dealkylation sites (tertiary alicyclic amines) is 1. The Morgan fingerprint density at radius 1 is 1.04 bits per heavy atom. The molecule has 25 heavy (non-hydrogen) atoms. The largest absolute Gasteiger partial charge is 0.491 e. The monoisotopic (exact) mass is 341 g/mol. The Kier molecular flexibility index (Phi) is 5.36. The molecule has 3 rings (SSSR count). The minimum absolute atomic E-state index is 0.221. The molecule has 5 nitrogen and oxygen atoms in total. The van der Waals surface area contributed by atoms with Crippen molar-refractivity contribution in [3.63, 3.8) is 0 Å². The van der Waals surface area contributed by atoms with Gasteiger partial charge in [-0.1, -0.05) is 30.3 Å². The number of carboxylic acids is 1. The molecule has 1 aliphatic rings. The highest BCUT2D eigenvalue weighted by atomic mass is 16.5. The average Bonchev–Trinajstić information content (AvgIpc) is 2.63. The van der Waals surface area contributed by atoms with E-state index in [0.29, 0.717) is 18.6 Å². The van der Waals surface area contributed by atoms with E-state index in [0.717, 1.165) is 19.6 Å². The summed E-state index contributed by atoms with van der Waals surface area (Å²) >= 11 is 0. The number of rotatable bonds is 6. The Morgan fingerprint density at radius 2 is 1.68 bits per heavy atom. The molecule has 2 aromatic carbocycles. The molecule has 0 spiro atoms. The average molecular weight is 341 g/mol. The minimum Gasteiger partial charge on any atom is -0.491 e. The van der Waals surface area contributed by atoms with E-state index in [9.17, 15) is 9.90 Å². The second-order valence-electron chi connectivity index (χ2n) is 6.60. The van der Waals surface area contributed by atoms with Gasteiger partial charge in [-0.2, -0.15) is 0 Å². The van der Waals surface area contributed by atoms with Gasteiger partial charge in [0.2, 0.25) is 0 Å². The summed E-state index contributed by atoms with van der Waals surface area (Å²) in [6, 6.07) is 16.6. The lowest BCUT2D eigenvalue weighted by Crippen LogP contribution is -2.47. The lowest BCUT2D eigenvalue weighted by molar-refractivity contribution is -0.0537. The standard InChI is InChI=1S/C20H23NO4/c22-19(23)17-6-8-18(9-7-17)25-15-20(24)10-12-21(13-11-20)14-16-4-2-1-3-5-16/h1-9,24H,10-15H2,(H,22,23). The number of hydrogen-bond acceptors (Lipinski definition) is 4. The van der Waals surface area contributed by atoms with Crippen LogP contribution in [0, 0.1) is 0 Å². The van der Waals surface area contributed by atoms with Gasteiger partial charge in [0.05, 0.1) is 5.56 Å². The maximum Gasteiger partial charge on any atom is 0.335 e. The fraction of sp³-hybridized carbons (Fsp3) is 0.350. The fourth-order valence-corrected chi connectivity index (χ4v) is 3.02. The number of aliphatic hydroxyl groups is 1. The number of carbonyl (C=O) groups is 1. The molecular formula is C20H23NO4. The van der Waals surface area contributed by atoms with Crippen molar-refractivity contribution in [2.75, 3.05) is 19.7 Å². The molecule has 1 fully saturated rings. The summed E-state index contributed by atoms with van der Waals surface area (Å²) in [7, 11) is 0. The van der Waals surface area contributed by atoms with Gasteiger partial charge in [-0.05, 0) is 42.7 Å². The lowest BCUT2D eigenvalue weighted by Gasteiger charge is -2.38. The zero-order valence-corrected chi connectivity index (χ0v) is 14.1. The maximum absolute atomic E-state index is 10.8. The van der Waals surface area contributed by atoms with Crippen LogP contribution in [0.5, 0.6) is 5.75 Å². The zero-order valence-electron chi connectivity index (χ0n) is 14.1. The molecular weight excluding hydrogens is 318 g/mol. The topological polar surface area (TPSA) is 70.0 Å². The van der Waals surface area contributed by atoms with Crippen molar-refractivity contribution in [1.29, 1.82) is 0 Å². The van der Waals surface area contributed by atoms with Crippen molar-refractivity contribution in [2.45, 2.75) is 25.0 Å². The highest BCUT2D eigenvalue weighted by molar-refractivity contribution is 5.87. The van der Waals surface area contributed by atoms with E-state index in [-0.39, 0.29) is 12.2 Å². The molecule has 0 aromatic heterocycles. The van der Waals surface area contributed by atoms with E-state index in [4.69, 9.17) is 9.84 Å². The molecule has 2 aromatic rings. The summed E-state index contributed by atoms with van der Waals surface area (Å²) in [5.41, 5.74) is 0.668. The van der Waals surface area contributed by atoms with Gasteiger partial charge in [-0.15, -0.1) is 0 Å². The Morgan fingerprint density at radius 3 is 2.28 bits per heavy atom. The summed E-state index contributed by atoms with van der Waals surface area (Å²) in [5.74, 6) is -0.388. The summed E-state index contributed by atoms with van der Waals surface area (Å²) < 4.78 is 5.68. The van der Waals surface area contributed by atoms with Crippen LogP contribution in [0.1, 0.15) is 28.8 Å². The lowest BCUT2D eigenvalue weighted by atomic mass is 9.92. The zero-order chi connectivity index (χ0) is 17.7. The SMILES string of the molecule is O=C(O)c1ccc(OCC2(O)CCN(Cc3ccccc3)CC2)cc1. The number of benzene rings is 2. The second kappa shape index (κ2) is 7.68. The number of piperidine rings is 1. The van der Waals surface area contributed by atoms with Crippen LogP contribution >= 0.6 is 0 Å². The first-order chi connectivity index (χ1) is 12.0. The first-order valence-electron chi connectivity index (χ1n) is 8.49. The number of aromatic carboxylic acids is 1. The molecule has 5 heteroatoms. The summed E-state index contributed by atoms with van der Waals surface area (Å²) in [6.07, 6.45) is 1.32. The van der Waals surface area contributed by atoms with Gasteiger partial charge in [0.15, 0.2) is 0 Å². The Balaban J connectivity index is 1.48. The van der Waals surface area contributed by atoms with Crippen LogP contribution in [0.4, 0.5) is 0 Å². The molecule has 0 bridgehead atoms. The van der Waals surface area contributed by atoms with Crippen molar-refractivity contribution < 1.29 is 19.7 Å². The highest BCUT2D eigenvalue weighted by Crippen LogP contribution is 2.25. The molecule has 1 saturated heterocycles. The van der Waals surface area contributed by atoms with Gasteiger partial charge in [0.1, 0.15) is 18.0 Å². The van der Waals surface area contributed by atoms with E-state index in [1.54, 1.807) is 12.1 Å². The molecule has 0 atom stereocenters. The first kappa shape index (κ1) is 17.5. The van der Waals surface area contributed by atoms with Crippen molar-refractivity contribution >= 4 is 5.97 Å². The third-order valence-electron chi connectivity index (χ3n) is 4.64. The van der Waals surface area contributed by atoms with Crippen LogP contribution in [0.15, 0.2) is 54.6 Å². The number of ether oxygens (including phenoxy) is 1. The number of nitrogens with zero attached hydrogens (tertiary/aromatic N) is 1. The molecule has 0 aliphatic carbocycles. The van der Waals surface area contributed by atoms with Crippen molar-refractivity contribution in [3.8, 4) is 5.75 Å². The van der Waals surface area contributed by atoms with Crippen LogP contribution < -0.4 is 4.74 Å². The second-order valence-corrected chi connectivity index (χ2v) is 6.60. The number of carboxylic acid groups (broad SMARTS) is 1. The third kappa shape index (κ3) is 4.81. The Bertz CT molecular complexity index is 691. The molecule has 0 unspecified atom stereocenters. The molecule has 1 aliphatic heterocycles. The van der Waals surface area contributed by atoms with Crippen LogP contribution in [-0.2, 0) is 6.54 Å². The molecule has 132 valence electrons. The van der Waals surface area contributed by atoms with Crippen molar-refractivity contribution in [3.05, 3.63) is 65.7 Å². The summed E-state index contributed by atoms with van der Waals surface area (Å²) in [4.78, 5) is 13.2. The van der Waals surface area contributed by atoms with Gasteiger partial charge in [0.25, 0.3) is 0 Å². The fourth-order valence-electron chi connectivity index (χ4n) is 3.02. The predicted molar refractivity (Wildman–Crippen MR) is 94.8 cm³/mol. The van der Waals surface area contributed by atoms with E-state index >= 15 is 0 Å². The molecule has 0 radical (unpaired) electrons. The van der Waals surface area contributed by atoms with Crippen LogP contribution in [0.2, 0.25) is 0 Å². The van der Waals surface area contributed by atoms with Crippen LogP contribution in [-0.4, -0.2) is 46.4 Å². The molecule has 1 heterocycles. The van der Waals surface area contributed by atoms with Crippen LogP contribution in [0.25, 0.3) is 0 Å². The highest BCUT2D eigenvalue weighted by Gasteiger charge is 2.33. The maximum atomic E-state index is 10.8. The quantitative estimate of drug-likeness (QED) is 0.845. The smallest absolute Gasteiger partial charge is 0.335 e. The van der Waals surface area contributed by atoms with E-state index in [1.807, 2.05) is 18.2 Å². The first-order valence-corrected chi connectivity index (χ1v) is 8.49. The summed E-state index contributed by atoms with van der Waals surface area (Å²) in [6.45, 7) is 2.77. The van der Waals surface area contributed by atoms with E-state index in [1.165, 1.54) is 17.7 Å². The minimum atomic E-state index is -0.962. The van der Waals surface area contributed by atoms with E-state index in [2.05, 4.69) is 17.0 Å². The molecule has 0 saturated carbocycles. The molecule has 2 N–H and O–H groups in total. The normalized spacial score (nSPS) is 17.2. The van der Waals surface area contributed by atoms with Crippen molar-refractivity contribution in [2.24, 2.45) is 0 Å². The predicted octanol–water partition coefficient (Wildman–Crippen LogP) is 2.79. The van der Waals surface area contributed by atoms with Gasteiger partial charge < -0.3 is 14.9 Å².